The van der Waals surface area contributed by atoms with Crippen LogP contribution in [0.4, 0.5) is 36.7 Å². The molecule has 0 bridgehead atoms. The van der Waals surface area contributed by atoms with Crippen LogP contribution in [0, 0.1) is 18.6 Å². The minimum Gasteiger partial charge on any atom is -0.353 e. The van der Waals surface area contributed by atoms with E-state index in [4.69, 9.17) is 0 Å². The number of carbonyl (C=O) groups excluding carboxylic acids is 1. The quantitative estimate of drug-likeness (QED) is 0.665. The Bertz CT molecular complexity index is 1070. The standard InChI is InChI=1S/C21H21F2N7O/c1-14-5-6-24-17(11-14)27-18-12-19(26-13-25-18)29-7-9-30(10-8-29)21(31)28-20-15(22)3-2-4-16(20)23/h2-6,11-13H,7-10H2,1H3,(H,28,31)(H,24,25,26,27). The number of anilines is 4. The van der Waals surface area contributed by atoms with Gasteiger partial charge in [-0.3, -0.25) is 0 Å². The molecule has 0 saturated carbocycles. The minimum absolute atomic E-state index is 0.383. The number of carbonyl (C=O) groups is 1. The van der Waals surface area contributed by atoms with Gasteiger partial charge in [0.15, 0.2) is 0 Å². The van der Waals surface area contributed by atoms with Crippen LogP contribution in [0.2, 0.25) is 0 Å². The number of urea groups is 1. The van der Waals surface area contributed by atoms with Gasteiger partial charge in [0.1, 0.15) is 41.1 Å². The molecule has 0 radical (unpaired) electrons. The van der Waals surface area contributed by atoms with E-state index < -0.39 is 23.4 Å². The van der Waals surface area contributed by atoms with Gasteiger partial charge in [-0.15, -0.1) is 0 Å². The van der Waals surface area contributed by atoms with Gasteiger partial charge in [0, 0.05) is 38.4 Å². The van der Waals surface area contributed by atoms with Crippen LogP contribution in [0.1, 0.15) is 5.56 Å². The molecule has 3 heterocycles. The van der Waals surface area contributed by atoms with E-state index in [9.17, 15) is 13.6 Å². The first-order chi connectivity index (χ1) is 15.0. The van der Waals surface area contributed by atoms with Gasteiger partial charge >= 0.3 is 6.03 Å². The van der Waals surface area contributed by atoms with E-state index in [1.54, 1.807) is 6.20 Å². The summed E-state index contributed by atoms with van der Waals surface area (Å²) in [5.74, 6) is 0.391. The SMILES string of the molecule is Cc1ccnc(Nc2cc(N3CCN(C(=O)Nc4c(F)cccc4F)CC3)ncn2)c1. The Balaban J connectivity index is 1.37. The van der Waals surface area contributed by atoms with Crippen LogP contribution in [0.15, 0.2) is 48.9 Å². The van der Waals surface area contributed by atoms with Crippen LogP contribution in [0.5, 0.6) is 0 Å². The van der Waals surface area contributed by atoms with Gasteiger partial charge in [0.2, 0.25) is 0 Å². The number of hydrogen-bond donors (Lipinski definition) is 2. The molecule has 1 aromatic carbocycles. The Morgan fingerprint density at radius 2 is 1.68 bits per heavy atom. The Kier molecular flexibility index (Phi) is 5.87. The minimum atomic E-state index is -0.809. The van der Waals surface area contributed by atoms with E-state index in [1.165, 1.54) is 17.3 Å². The van der Waals surface area contributed by atoms with Crippen LogP contribution in [0.3, 0.4) is 0 Å². The third-order valence-corrected chi connectivity index (χ3v) is 4.91. The molecule has 0 aliphatic carbocycles. The number of rotatable bonds is 4. The second kappa shape index (κ2) is 8.90. The molecule has 1 saturated heterocycles. The highest BCUT2D eigenvalue weighted by Gasteiger charge is 2.23. The summed E-state index contributed by atoms with van der Waals surface area (Å²) in [5, 5.41) is 5.47. The second-order valence-electron chi connectivity index (χ2n) is 7.11. The van der Waals surface area contributed by atoms with Gasteiger partial charge < -0.3 is 20.4 Å². The molecule has 0 atom stereocenters. The van der Waals surface area contributed by atoms with Crippen molar-refractivity contribution in [2.45, 2.75) is 6.92 Å². The summed E-state index contributed by atoms with van der Waals surface area (Å²) in [6.45, 7) is 3.79. The van der Waals surface area contributed by atoms with Gasteiger partial charge in [0.05, 0.1) is 0 Å². The number of amides is 2. The molecule has 3 aromatic rings. The Hall–Kier alpha value is -3.82. The molecule has 2 amide bonds. The van der Waals surface area contributed by atoms with Crippen LogP contribution in [-0.2, 0) is 0 Å². The summed E-state index contributed by atoms with van der Waals surface area (Å²) in [4.78, 5) is 28.8. The number of aromatic nitrogens is 3. The summed E-state index contributed by atoms with van der Waals surface area (Å²) in [6, 6.07) is 8.55. The zero-order valence-corrected chi connectivity index (χ0v) is 16.8. The number of nitrogens with zero attached hydrogens (tertiary/aromatic N) is 5. The van der Waals surface area contributed by atoms with Crippen molar-refractivity contribution in [3.63, 3.8) is 0 Å². The fourth-order valence-electron chi connectivity index (χ4n) is 3.27. The number of pyridine rings is 1. The van der Waals surface area contributed by atoms with Crippen molar-refractivity contribution in [3.8, 4) is 0 Å². The van der Waals surface area contributed by atoms with E-state index in [2.05, 4.69) is 25.6 Å². The summed E-state index contributed by atoms with van der Waals surface area (Å²) in [5.41, 5.74) is 0.641. The van der Waals surface area contributed by atoms with Crippen LogP contribution < -0.4 is 15.5 Å². The topological polar surface area (TPSA) is 86.3 Å². The predicted octanol–water partition coefficient (Wildman–Crippen LogP) is 3.56. The number of halogens is 2. The molecule has 0 spiro atoms. The summed E-state index contributed by atoms with van der Waals surface area (Å²) in [6.07, 6.45) is 3.19. The number of hydrogen-bond acceptors (Lipinski definition) is 6. The van der Waals surface area contributed by atoms with Gasteiger partial charge in [-0.25, -0.2) is 28.5 Å². The normalized spacial score (nSPS) is 13.8. The Morgan fingerprint density at radius 1 is 0.968 bits per heavy atom. The lowest BCUT2D eigenvalue weighted by Gasteiger charge is -2.35. The molecule has 4 rings (SSSR count). The molecule has 2 aromatic heterocycles. The lowest BCUT2D eigenvalue weighted by Crippen LogP contribution is -2.50. The number of aryl methyl sites for hydroxylation is 1. The number of para-hydroxylation sites is 1. The highest BCUT2D eigenvalue weighted by Crippen LogP contribution is 2.21. The first-order valence-electron chi connectivity index (χ1n) is 9.76. The molecule has 8 nitrogen and oxygen atoms in total. The number of benzene rings is 1. The zero-order chi connectivity index (χ0) is 21.8. The summed E-state index contributed by atoms with van der Waals surface area (Å²) < 4.78 is 27.5. The predicted molar refractivity (Wildman–Crippen MR) is 113 cm³/mol. The lowest BCUT2D eigenvalue weighted by atomic mass is 10.3. The molecule has 10 heteroatoms. The molecule has 1 fully saturated rings. The summed E-state index contributed by atoms with van der Waals surface area (Å²) >= 11 is 0. The van der Waals surface area contributed by atoms with Crippen molar-refractivity contribution in [2.24, 2.45) is 0 Å². The van der Waals surface area contributed by atoms with Crippen molar-refractivity contribution in [2.75, 3.05) is 41.7 Å². The van der Waals surface area contributed by atoms with E-state index in [-0.39, 0.29) is 0 Å². The van der Waals surface area contributed by atoms with Gasteiger partial charge in [-0.2, -0.15) is 0 Å². The Morgan fingerprint density at radius 3 is 2.39 bits per heavy atom. The van der Waals surface area contributed by atoms with Crippen LogP contribution >= 0.6 is 0 Å². The fourth-order valence-corrected chi connectivity index (χ4v) is 3.27. The number of piperazine rings is 1. The third-order valence-electron chi connectivity index (χ3n) is 4.91. The lowest BCUT2D eigenvalue weighted by molar-refractivity contribution is 0.208. The molecule has 2 N–H and O–H groups in total. The smallest absolute Gasteiger partial charge is 0.322 e. The highest BCUT2D eigenvalue weighted by atomic mass is 19.1. The average molecular weight is 425 g/mol. The van der Waals surface area contributed by atoms with Crippen LogP contribution in [0.25, 0.3) is 0 Å². The van der Waals surface area contributed by atoms with Gasteiger partial charge in [0.25, 0.3) is 0 Å². The van der Waals surface area contributed by atoms with E-state index in [0.29, 0.717) is 43.6 Å². The van der Waals surface area contributed by atoms with Gasteiger partial charge in [-0.05, 0) is 36.8 Å². The van der Waals surface area contributed by atoms with E-state index >= 15 is 0 Å². The van der Waals surface area contributed by atoms with Gasteiger partial charge in [-0.1, -0.05) is 6.07 Å². The van der Waals surface area contributed by atoms with E-state index in [0.717, 1.165) is 17.7 Å². The molecule has 160 valence electrons. The average Bonchev–Trinajstić information content (AvgIpc) is 2.77. The van der Waals surface area contributed by atoms with Crippen molar-refractivity contribution >= 4 is 29.2 Å². The molecule has 0 unspecified atom stereocenters. The highest BCUT2D eigenvalue weighted by molar-refractivity contribution is 5.89. The Labute approximate surface area is 178 Å². The third kappa shape index (κ3) is 4.85. The summed E-state index contributed by atoms with van der Waals surface area (Å²) in [7, 11) is 0. The first-order valence-corrected chi connectivity index (χ1v) is 9.76. The van der Waals surface area contributed by atoms with Crippen molar-refractivity contribution in [1.82, 2.24) is 19.9 Å². The fraction of sp³-hybridized carbons (Fsp3) is 0.238. The molecule has 1 aliphatic rings. The largest absolute Gasteiger partial charge is 0.353 e. The van der Waals surface area contributed by atoms with Crippen molar-refractivity contribution in [3.05, 3.63) is 66.1 Å². The molecule has 31 heavy (non-hydrogen) atoms. The monoisotopic (exact) mass is 425 g/mol. The molecular formula is C21H21F2N7O. The van der Waals surface area contributed by atoms with Crippen molar-refractivity contribution < 1.29 is 13.6 Å². The van der Waals surface area contributed by atoms with E-state index in [1.807, 2.05) is 30.0 Å². The second-order valence-corrected chi connectivity index (χ2v) is 7.11. The maximum atomic E-state index is 13.8. The maximum absolute atomic E-state index is 13.8. The molecular weight excluding hydrogens is 404 g/mol. The first kappa shape index (κ1) is 20.5. The molecule has 1 aliphatic heterocycles. The van der Waals surface area contributed by atoms with Crippen LogP contribution in [-0.4, -0.2) is 52.1 Å². The van der Waals surface area contributed by atoms with Crippen molar-refractivity contribution in [1.29, 1.82) is 0 Å². The zero-order valence-electron chi connectivity index (χ0n) is 16.8. The number of nitrogens with one attached hydrogen (secondary N) is 2. The maximum Gasteiger partial charge on any atom is 0.322 e.